The van der Waals surface area contributed by atoms with E-state index in [0.29, 0.717) is 5.75 Å². The molecule has 1 aliphatic carbocycles. The van der Waals surface area contributed by atoms with Crippen molar-refractivity contribution in [2.75, 3.05) is 20.1 Å². The van der Waals surface area contributed by atoms with Gasteiger partial charge in [0.2, 0.25) is 0 Å². The summed E-state index contributed by atoms with van der Waals surface area (Å²) < 4.78 is 0. The second-order valence-corrected chi connectivity index (χ2v) is 5.93. The molecule has 2 rings (SSSR count). The van der Waals surface area contributed by atoms with E-state index in [2.05, 4.69) is 17.3 Å². The molecule has 1 aromatic carbocycles. The molecule has 0 atom stereocenters. The summed E-state index contributed by atoms with van der Waals surface area (Å²) in [6, 6.07) is 8.34. The summed E-state index contributed by atoms with van der Waals surface area (Å²) in [7, 11) is 2.26. The zero-order valence-electron chi connectivity index (χ0n) is 12.6. The van der Waals surface area contributed by atoms with Crippen LogP contribution in [-0.4, -0.2) is 36.2 Å². The topological polar surface area (TPSA) is 35.5 Å². The van der Waals surface area contributed by atoms with E-state index in [1.165, 1.54) is 45.1 Å². The first-order chi connectivity index (χ1) is 9.77. The average molecular weight is 276 g/mol. The van der Waals surface area contributed by atoms with Crippen LogP contribution in [0, 0.1) is 0 Å². The van der Waals surface area contributed by atoms with E-state index < -0.39 is 0 Å². The molecule has 1 aromatic rings. The minimum atomic E-state index is 0.388. The standard InChI is InChI=1S/C17H28N2O/c1-19(16-9-3-2-4-10-16)13-7-12-18-14-15-8-5-6-11-17(15)20/h5-6,8,11,16,18,20H,2-4,7,9-10,12-14H2,1H3. The molecule has 3 heteroatoms. The normalized spacial score (nSPS) is 16.7. The molecule has 0 unspecified atom stereocenters. The fourth-order valence-electron chi connectivity index (χ4n) is 3.04. The summed E-state index contributed by atoms with van der Waals surface area (Å²) in [5.41, 5.74) is 0.980. The molecule has 1 saturated carbocycles. The maximum atomic E-state index is 9.68. The van der Waals surface area contributed by atoms with Crippen molar-refractivity contribution in [1.82, 2.24) is 10.2 Å². The molecule has 1 aliphatic rings. The minimum absolute atomic E-state index is 0.388. The van der Waals surface area contributed by atoms with Crippen LogP contribution in [0.4, 0.5) is 0 Å². The van der Waals surface area contributed by atoms with Crippen LogP contribution >= 0.6 is 0 Å². The molecule has 1 fully saturated rings. The summed E-state index contributed by atoms with van der Waals surface area (Å²) >= 11 is 0. The Kier molecular flexibility index (Phi) is 6.34. The third-order valence-corrected chi connectivity index (χ3v) is 4.37. The summed E-state index contributed by atoms with van der Waals surface area (Å²) in [4.78, 5) is 2.53. The highest BCUT2D eigenvalue weighted by Crippen LogP contribution is 2.21. The van der Waals surface area contributed by atoms with Gasteiger partial charge in [-0.05, 0) is 45.5 Å². The van der Waals surface area contributed by atoms with Crippen LogP contribution < -0.4 is 5.32 Å². The molecule has 0 heterocycles. The third-order valence-electron chi connectivity index (χ3n) is 4.37. The molecule has 0 radical (unpaired) electrons. The Labute approximate surface area is 123 Å². The highest BCUT2D eigenvalue weighted by atomic mass is 16.3. The molecule has 0 aliphatic heterocycles. The van der Waals surface area contributed by atoms with Crippen LogP contribution in [0.25, 0.3) is 0 Å². The first-order valence-electron chi connectivity index (χ1n) is 7.95. The Hall–Kier alpha value is -1.06. The lowest BCUT2D eigenvalue weighted by Gasteiger charge is -2.31. The van der Waals surface area contributed by atoms with Gasteiger partial charge in [-0.15, -0.1) is 0 Å². The van der Waals surface area contributed by atoms with Gasteiger partial charge in [-0.2, -0.15) is 0 Å². The number of aromatic hydroxyl groups is 1. The van der Waals surface area contributed by atoms with E-state index in [4.69, 9.17) is 0 Å². The van der Waals surface area contributed by atoms with Crippen molar-refractivity contribution < 1.29 is 5.11 Å². The number of para-hydroxylation sites is 1. The molecule has 3 nitrogen and oxygen atoms in total. The predicted molar refractivity (Wildman–Crippen MR) is 83.9 cm³/mol. The van der Waals surface area contributed by atoms with Crippen LogP contribution in [0.1, 0.15) is 44.1 Å². The van der Waals surface area contributed by atoms with E-state index in [1.54, 1.807) is 6.07 Å². The van der Waals surface area contributed by atoms with Crippen molar-refractivity contribution in [3.63, 3.8) is 0 Å². The Morgan fingerprint density at radius 2 is 1.95 bits per heavy atom. The van der Waals surface area contributed by atoms with Crippen LogP contribution in [0.5, 0.6) is 5.75 Å². The van der Waals surface area contributed by atoms with Gasteiger partial charge in [-0.1, -0.05) is 37.5 Å². The van der Waals surface area contributed by atoms with E-state index in [9.17, 15) is 5.11 Å². The summed E-state index contributed by atoms with van der Waals surface area (Å²) in [5, 5.41) is 13.1. The molecule has 2 N–H and O–H groups in total. The lowest BCUT2D eigenvalue weighted by atomic mass is 9.94. The van der Waals surface area contributed by atoms with Crippen molar-refractivity contribution in [2.24, 2.45) is 0 Å². The zero-order chi connectivity index (χ0) is 14.2. The second-order valence-electron chi connectivity index (χ2n) is 5.93. The zero-order valence-corrected chi connectivity index (χ0v) is 12.6. The van der Waals surface area contributed by atoms with E-state index >= 15 is 0 Å². The SMILES string of the molecule is CN(CCCNCc1ccccc1O)C1CCCCC1. The van der Waals surface area contributed by atoms with Crippen LogP contribution in [0.2, 0.25) is 0 Å². The summed E-state index contributed by atoms with van der Waals surface area (Å²) in [6.45, 7) is 2.92. The molecular formula is C17H28N2O. The predicted octanol–water partition coefficient (Wildman–Crippen LogP) is 3.14. The fraction of sp³-hybridized carbons (Fsp3) is 0.647. The van der Waals surface area contributed by atoms with Crippen molar-refractivity contribution in [3.8, 4) is 5.75 Å². The van der Waals surface area contributed by atoms with Crippen molar-refractivity contribution in [1.29, 1.82) is 0 Å². The number of benzene rings is 1. The minimum Gasteiger partial charge on any atom is -0.508 e. The van der Waals surface area contributed by atoms with Gasteiger partial charge in [0, 0.05) is 18.2 Å². The molecule has 0 spiro atoms. The Balaban J connectivity index is 1.58. The number of hydrogen-bond acceptors (Lipinski definition) is 3. The quantitative estimate of drug-likeness (QED) is 0.751. The third kappa shape index (κ3) is 4.80. The number of nitrogens with one attached hydrogen (secondary N) is 1. The molecule has 112 valence electrons. The van der Waals surface area contributed by atoms with Crippen molar-refractivity contribution in [3.05, 3.63) is 29.8 Å². The van der Waals surface area contributed by atoms with Crippen LogP contribution in [0.15, 0.2) is 24.3 Å². The van der Waals surface area contributed by atoms with Gasteiger partial charge < -0.3 is 15.3 Å². The maximum Gasteiger partial charge on any atom is 0.120 e. The molecule has 0 aromatic heterocycles. The van der Waals surface area contributed by atoms with Gasteiger partial charge in [-0.3, -0.25) is 0 Å². The number of rotatable bonds is 7. The van der Waals surface area contributed by atoms with Gasteiger partial charge in [0.25, 0.3) is 0 Å². The molecule has 0 amide bonds. The highest BCUT2D eigenvalue weighted by Gasteiger charge is 2.17. The van der Waals surface area contributed by atoms with Crippen molar-refractivity contribution >= 4 is 0 Å². The highest BCUT2D eigenvalue weighted by molar-refractivity contribution is 5.31. The Bertz CT molecular complexity index is 388. The molecule has 0 saturated heterocycles. The van der Waals surface area contributed by atoms with Crippen LogP contribution in [0.3, 0.4) is 0 Å². The largest absolute Gasteiger partial charge is 0.508 e. The van der Waals surface area contributed by atoms with Gasteiger partial charge >= 0.3 is 0 Å². The maximum absolute atomic E-state index is 9.68. The van der Waals surface area contributed by atoms with E-state index in [1.807, 2.05) is 18.2 Å². The van der Waals surface area contributed by atoms with E-state index in [0.717, 1.165) is 24.7 Å². The van der Waals surface area contributed by atoms with Gasteiger partial charge in [0.1, 0.15) is 5.75 Å². The van der Waals surface area contributed by atoms with Gasteiger partial charge in [0.05, 0.1) is 0 Å². The number of phenols is 1. The molecular weight excluding hydrogens is 248 g/mol. The first kappa shape index (κ1) is 15.3. The molecule has 0 bridgehead atoms. The number of hydrogen-bond donors (Lipinski definition) is 2. The lowest BCUT2D eigenvalue weighted by molar-refractivity contribution is 0.189. The van der Waals surface area contributed by atoms with Crippen LogP contribution in [-0.2, 0) is 6.54 Å². The van der Waals surface area contributed by atoms with Gasteiger partial charge in [-0.25, -0.2) is 0 Å². The lowest BCUT2D eigenvalue weighted by Crippen LogP contribution is -2.35. The Morgan fingerprint density at radius 1 is 1.20 bits per heavy atom. The monoisotopic (exact) mass is 276 g/mol. The average Bonchev–Trinajstić information content (AvgIpc) is 2.49. The Morgan fingerprint density at radius 3 is 2.70 bits per heavy atom. The summed E-state index contributed by atoms with van der Waals surface area (Å²) in [6.07, 6.45) is 8.15. The number of nitrogens with zero attached hydrogens (tertiary/aromatic N) is 1. The number of phenolic OH excluding ortho intramolecular Hbond substituents is 1. The fourth-order valence-corrected chi connectivity index (χ4v) is 3.04. The van der Waals surface area contributed by atoms with Gasteiger partial charge in [0.15, 0.2) is 0 Å². The summed E-state index contributed by atoms with van der Waals surface area (Å²) in [5.74, 6) is 0.388. The smallest absolute Gasteiger partial charge is 0.120 e. The van der Waals surface area contributed by atoms with Crippen molar-refractivity contribution in [2.45, 2.75) is 51.1 Å². The molecule has 20 heavy (non-hydrogen) atoms. The second kappa shape index (κ2) is 8.28. The van der Waals surface area contributed by atoms with E-state index in [-0.39, 0.29) is 0 Å². The first-order valence-corrected chi connectivity index (χ1v) is 7.95.